The van der Waals surface area contributed by atoms with Crippen molar-refractivity contribution in [1.29, 1.82) is 0 Å². The molecule has 0 spiro atoms. The molecular formula is C6H8N2O2. The quantitative estimate of drug-likeness (QED) is 0.518. The standard InChI is InChI=1S/C6H8N2O2/c7-5(9)3-1-2-4(3)6(8)10/h1-2H2,(H2,7,9)(H2,8,10). The zero-order chi connectivity index (χ0) is 7.72. The summed E-state index contributed by atoms with van der Waals surface area (Å²) in [6, 6.07) is 0. The van der Waals surface area contributed by atoms with E-state index in [9.17, 15) is 9.59 Å². The Balaban J connectivity index is 2.87. The lowest BCUT2D eigenvalue weighted by Crippen LogP contribution is -2.28. The van der Waals surface area contributed by atoms with E-state index < -0.39 is 11.8 Å². The van der Waals surface area contributed by atoms with Crippen LogP contribution < -0.4 is 11.5 Å². The van der Waals surface area contributed by atoms with Gasteiger partial charge in [0.25, 0.3) is 0 Å². The van der Waals surface area contributed by atoms with E-state index in [1.54, 1.807) is 0 Å². The summed E-state index contributed by atoms with van der Waals surface area (Å²) >= 11 is 0. The third kappa shape index (κ3) is 0.877. The van der Waals surface area contributed by atoms with E-state index in [4.69, 9.17) is 11.5 Å². The predicted octanol–water partition coefficient (Wildman–Crippen LogP) is -0.953. The van der Waals surface area contributed by atoms with Crippen LogP contribution >= 0.6 is 0 Å². The van der Waals surface area contributed by atoms with Gasteiger partial charge >= 0.3 is 0 Å². The van der Waals surface area contributed by atoms with Crippen molar-refractivity contribution < 1.29 is 9.59 Å². The number of carbonyl (C=O) groups excluding carboxylic acids is 2. The Bertz CT molecular complexity index is 206. The van der Waals surface area contributed by atoms with Crippen LogP contribution in [0.5, 0.6) is 0 Å². The zero-order valence-electron chi connectivity index (χ0n) is 5.39. The lowest BCUT2D eigenvalue weighted by molar-refractivity contribution is -0.118. The number of hydrogen-bond acceptors (Lipinski definition) is 2. The summed E-state index contributed by atoms with van der Waals surface area (Å²) in [5.74, 6) is -1.06. The van der Waals surface area contributed by atoms with Crippen molar-refractivity contribution in [2.24, 2.45) is 11.5 Å². The SMILES string of the molecule is NC(=O)C1=C(C(N)=O)CC1. The summed E-state index contributed by atoms with van der Waals surface area (Å²) in [4.78, 5) is 20.9. The highest BCUT2D eigenvalue weighted by Crippen LogP contribution is 2.26. The van der Waals surface area contributed by atoms with Crippen LogP contribution in [0, 0.1) is 0 Å². The fraction of sp³-hybridized carbons (Fsp3) is 0.333. The summed E-state index contributed by atoms with van der Waals surface area (Å²) < 4.78 is 0. The number of amides is 2. The summed E-state index contributed by atoms with van der Waals surface area (Å²) in [7, 11) is 0. The van der Waals surface area contributed by atoms with Crippen LogP contribution in [-0.2, 0) is 9.59 Å². The molecule has 0 aromatic heterocycles. The second-order valence-corrected chi connectivity index (χ2v) is 2.19. The molecule has 0 bridgehead atoms. The Kier molecular flexibility index (Phi) is 1.45. The summed E-state index contributed by atoms with van der Waals surface area (Å²) in [5.41, 5.74) is 10.6. The molecule has 0 aromatic carbocycles. The van der Waals surface area contributed by atoms with Gasteiger partial charge in [0.15, 0.2) is 0 Å². The van der Waals surface area contributed by atoms with E-state index in [-0.39, 0.29) is 0 Å². The molecule has 54 valence electrons. The molecule has 4 nitrogen and oxygen atoms in total. The van der Waals surface area contributed by atoms with Gasteiger partial charge in [-0.3, -0.25) is 9.59 Å². The molecule has 0 heterocycles. The van der Waals surface area contributed by atoms with Gasteiger partial charge in [0.1, 0.15) is 0 Å². The molecule has 0 aliphatic heterocycles. The molecule has 4 heteroatoms. The first-order valence-electron chi connectivity index (χ1n) is 2.94. The molecule has 0 unspecified atom stereocenters. The number of rotatable bonds is 2. The van der Waals surface area contributed by atoms with Gasteiger partial charge in [-0.2, -0.15) is 0 Å². The van der Waals surface area contributed by atoms with Gasteiger partial charge in [-0.1, -0.05) is 0 Å². The van der Waals surface area contributed by atoms with Crippen LogP contribution in [0.4, 0.5) is 0 Å². The first-order chi connectivity index (χ1) is 4.63. The Labute approximate surface area is 57.9 Å². The molecule has 10 heavy (non-hydrogen) atoms. The first-order valence-corrected chi connectivity index (χ1v) is 2.94. The largest absolute Gasteiger partial charge is 0.366 e. The lowest BCUT2D eigenvalue weighted by atomic mass is 9.87. The summed E-state index contributed by atoms with van der Waals surface area (Å²) in [5, 5.41) is 0. The van der Waals surface area contributed by atoms with Crippen LogP contribution in [0.3, 0.4) is 0 Å². The van der Waals surface area contributed by atoms with Crippen LogP contribution in [0.1, 0.15) is 12.8 Å². The lowest BCUT2D eigenvalue weighted by Gasteiger charge is -2.17. The minimum Gasteiger partial charge on any atom is -0.366 e. The van der Waals surface area contributed by atoms with E-state index in [0.29, 0.717) is 24.0 Å². The van der Waals surface area contributed by atoms with Gasteiger partial charge in [-0.05, 0) is 12.8 Å². The van der Waals surface area contributed by atoms with Crippen LogP contribution in [0.15, 0.2) is 11.1 Å². The van der Waals surface area contributed by atoms with Crippen molar-refractivity contribution >= 4 is 11.8 Å². The highest BCUT2D eigenvalue weighted by molar-refractivity contribution is 6.05. The number of primary amides is 2. The van der Waals surface area contributed by atoms with Gasteiger partial charge < -0.3 is 11.5 Å². The molecule has 2 amide bonds. The molecule has 1 aliphatic rings. The van der Waals surface area contributed by atoms with E-state index in [0.717, 1.165) is 0 Å². The molecule has 0 atom stereocenters. The second kappa shape index (κ2) is 2.13. The molecule has 1 aliphatic carbocycles. The van der Waals surface area contributed by atoms with Crippen molar-refractivity contribution in [3.05, 3.63) is 11.1 Å². The van der Waals surface area contributed by atoms with Crippen molar-refractivity contribution in [1.82, 2.24) is 0 Å². The van der Waals surface area contributed by atoms with Crippen molar-refractivity contribution in [2.45, 2.75) is 12.8 Å². The van der Waals surface area contributed by atoms with Gasteiger partial charge in [0.05, 0.1) is 0 Å². The fourth-order valence-corrected chi connectivity index (χ4v) is 0.919. The minimum atomic E-state index is -0.528. The maximum atomic E-state index is 10.5. The van der Waals surface area contributed by atoms with Gasteiger partial charge in [0, 0.05) is 11.1 Å². The highest BCUT2D eigenvalue weighted by atomic mass is 16.2. The number of carbonyl (C=O) groups is 2. The molecule has 0 saturated heterocycles. The van der Waals surface area contributed by atoms with Gasteiger partial charge in [-0.15, -0.1) is 0 Å². The van der Waals surface area contributed by atoms with Crippen LogP contribution in [0.25, 0.3) is 0 Å². The van der Waals surface area contributed by atoms with Crippen molar-refractivity contribution in [3.63, 3.8) is 0 Å². The maximum Gasteiger partial charge on any atom is 0.245 e. The Hall–Kier alpha value is -1.32. The predicted molar refractivity (Wildman–Crippen MR) is 34.6 cm³/mol. The zero-order valence-corrected chi connectivity index (χ0v) is 5.39. The summed E-state index contributed by atoms with van der Waals surface area (Å²) in [6.07, 6.45) is 1.18. The molecule has 0 saturated carbocycles. The number of hydrogen-bond donors (Lipinski definition) is 2. The second-order valence-electron chi connectivity index (χ2n) is 2.19. The monoisotopic (exact) mass is 140 g/mol. The highest BCUT2D eigenvalue weighted by Gasteiger charge is 2.24. The third-order valence-corrected chi connectivity index (χ3v) is 1.58. The molecule has 0 radical (unpaired) electrons. The van der Waals surface area contributed by atoms with E-state index in [1.807, 2.05) is 0 Å². The minimum absolute atomic E-state index is 0.396. The maximum absolute atomic E-state index is 10.5. The molecule has 1 rings (SSSR count). The molecule has 0 aromatic rings. The average molecular weight is 140 g/mol. The first kappa shape index (κ1) is 6.80. The van der Waals surface area contributed by atoms with Crippen LogP contribution in [0.2, 0.25) is 0 Å². The molecular weight excluding hydrogens is 132 g/mol. The average Bonchev–Trinajstić information content (AvgIpc) is 1.56. The van der Waals surface area contributed by atoms with Crippen molar-refractivity contribution in [3.8, 4) is 0 Å². The normalized spacial score (nSPS) is 16.4. The Morgan fingerprint density at radius 2 is 1.30 bits per heavy atom. The van der Waals surface area contributed by atoms with E-state index in [1.165, 1.54) is 0 Å². The molecule has 0 fully saturated rings. The Morgan fingerprint density at radius 3 is 1.40 bits per heavy atom. The molecule has 4 N–H and O–H groups in total. The number of nitrogens with two attached hydrogens (primary N) is 2. The van der Waals surface area contributed by atoms with E-state index in [2.05, 4.69) is 0 Å². The van der Waals surface area contributed by atoms with Gasteiger partial charge in [-0.25, -0.2) is 0 Å². The topological polar surface area (TPSA) is 86.2 Å². The fourth-order valence-electron chi connectivity index (χ4n) is 0.919. The van der Waals surface area contributed by atoms with Crippen molar-refractivity contribution in [2.75, 3.05) is 0 Å². The van der Waals surface area contributed by atoms with Crippen LogP contribution in [-0.4, -0.2) is 11.8 Å². The smallest absolute Gasteiger partial charge is 0.245 e. The summed E-state index contributed by atoms with van der Waals surface area (Å²) in [6.45, 7) is 0. The van der Waals surface area contributed by atoms with Gasteiger partial charge in [0.2, 0.25) is 11.8 Å². The van der Waals surface area contributed by atoms with E-state index >= 15 is 0 Å². The third-order valence-electron chi connectivity index (χ3n) is 1.58. The Morgan fingerprint density at radius 1 is 1.00 bits per heavy atom.